The van der Waals surface area contributed by atoms with Crippen molar-refractivity contribution < 1.29 is 4.74 Å². The molecule has 4 atom stereocenters. The number of hydrogen-bond acceptors (Lipinski definition) is 2. The van der Waals surface area contributed by atoms with Crippen LogP contribution in [0.3, 0.4) is 0 Å². The molecule has 0 amide bonds. The molecular weight excluding hydrogens is 222 g/mol. The van der Waals surface area contributed by atoms with Crippen LogP contribution in [0.4, 0.5) is 0 Å². The van der Waals surface area contributed by atoms with Gasteiger partial charge >= 0.3 is 0 Å². The smallest absolute Gasteiger partial charge is 0.0488 e. The Morgan fingerprint density at radius 2 is 2.06 bits per heavy atom. The zero-order valence-electron chi connectivity index (χ0n) is 12.9. The third-order valence-corrected chi connectivity index (χ3v) is 4.54. The van der Waals surface area contributed by atoms with E-state index in [1.807, 2.05) is 7.11 Å². The van der Waals surface area contributed by atoms with E-state index in [0.717, 1.165) is 25.0 Å². The monoisotopic (exact) mass is 255 g/mol. The van der Waals surface area contributed by atoms with Gasteiger partial charge in [0.2, 0.25) is 0 Å². The van der Waals surface area contributed by atoms with Gasteiger partial charge in [-0.2, -0.15) is 0 Å². The molecule has 1 aliphatic rings. The van der Waals surface area contributed by atoms with E-state index in [4.69, 9.17) is 4.74 Å². The van der Waals surface area contributed by atoms with Crippen molar-refractivity contribution in [3.63, 3.8) is 0 Å². The maximum atomic E-state index is 5.28. The molecule has 1 rings (SSSR count). The fourth-order valence-electron chi connectivity index (χ4n) is 3.56. The maximum Gasteiger partial charge on any atom is 0.0488 e. The Labute approximate surface area is 114 Å². The first kappa shape index (κ1) is 16.0. The van der Waals surface area contributed by atoms with Crippen molar-refractivity contribution in [2.24, 2.45) is 17.8 Å². The minimum absolute atomic E-state index is 0.668. The standard InChI is InChI=1S/C16H33NO/c1-5-14-8-7-9-15(11-14)16(17-6-2)10-13(3)12-18-4/h13-17H,5-12H2,1-4H3. The van der Waals surface area contributed by atoms with Gasteiger partial charge in [-0.15, -0.1) is 0 Å². The van der Waals surface area contributed by atoms with Gasteiger partial charge in [0.05, 0.1) is 0 Å². The Balaban J connectivity index is 2.48. The van der Waals surface area contributed by atoms with Crippen molar-refractivity contribution in [2.75, 3.05) is 20.3 Å². The summed E-state index contributed by atoms with van der Waals surface area (Å²) >= 11 is 0. The molecule has 0 aromatic rings. The Morgan fingerprint density at radius 3 is 2.67 bits per heavy atom. The van der Waals surface area contributed by atoms with Crippen molar-refractivity contribution >= 4 is 0 Å². The molecule has 0 radical (unpaired) electrons. The van der Waals surface area contributed by atoms with Crippen LogP contribution in [0.25, 0.3) is 0 Å². The highest BCUT2D eigenvalue weighted by molar-refractivity contribution is 4.83. The molecule has 0 saturated heterocycles. The Morgan fingerprint density at radius 1 is 1.28 bits per heavy atom. The lowest BCUT2D eigenvalue weighted by Gasteiger charge is -2.36. The van der Waals surface area contributed by atoms with Gasteiger partial charge in [0.1, 0.15) is 0 Å². The van der Waals surface area contributed by atoms with E-state index in [9.17, 15) is 0 Å². The lowest BCUT2D eigenvalue weighted by molar-refractivity contribution is 0.131. The van der Waals surface area contributed by atoms with Crippen molar-refractivity contribution in [1.29, 1.82) is 0 Å². The number of methoxy groups -OCH3 is 1. The summed E-state index contributed by atoms with van der Waals surface area (Å²) < 4.78 is 5.28. The first-order valence-electron chi connectivity index (χ1n) is 7.93. The Hall–Kier alpha value is -0.0800. The molecule has 4 unspecified atom stereocenters. The molecule has 0 bridgehead atoms. The SMILES string of the molecule is CCNC(CC(C)COC)C1CCCC(CC)C1. The van der Waals surface area contributed by atoms with E-state index < -0.39 is 0 Å². The second kappa shape index (κ2) is 8.92. The largest absolute Gasteiger partial charge is 0.384 e. The van der Waals surface area contributed by atoms with Gasteiger partial charge < -0.3 is 10.1 Å². The quantitative estimate of drug-likeness (QED) is 0.711. The summed E-state index contributed by atoms with van der Waals surface area (Å²) in [6.45, 7) is 8.88. The number of rotatable bonds is 8. The maximum absolute atomic E-state index is 5.28. The van der Waals surface area contributed by atoms with Gasteiger partial charge in [-0.3, -0.25) is 0 Å². The number of nitrogens with one attached hydrogen (secondary N) is 1. The molecule has 108 valence electrons. The van der Waals surface area contributed by atoms with Crippen LogP contribution in [0.5, 0.6) is 0 Å². The second-order valence-electron chi connectivity index (χ2n) is 6.16. The van der Waals surface area contributed by atoms with Crippen LogP contribution in [0.2, 0.25) is 0 Å². The first-order valence-corrected chi connectivity index (χ1v) is 7.93. The van der Waals surface area contributed by atoms with Crippen LogP contribution in [0.15, 0.2) is 0 Å². The van der Waals surface area contributed by atoms with Crippen LogP contribution < -0.4 is 5.32 Å². The van der Waals surface area contributed by atoms with Crippen molar-refractivity contribution in [3.05, 3.63) is 0 Å². The van der Waals surface area contributed by atoms with Gasteiger partial charge in [0.15, 0.2) is 0 Å². The first-order chi connectivity index (χ1) is 8.71. The van der Waals surface area contributed by atoms with Gasteiger partial charge in [-0.05, 0) is 43.6 Å². The molecule has 2 heteroatoms. The summed E-state index contributed by atoms with van der Waals surface area (Å²) in [7, 11) is 1.81. The van der Waals surface area contributed by atoms with E-state index in [2.05, 4.69) is 26.1 Å². The van der Waals surface area contributed by atoms with Crippen LogP contribution >= 0.6 is 0 Å². The molecule has 0 aromatic heterocycles. The summed E-state index contributed by atoms with van der Waals surface area (Å²) in [5, 5.41) is 3.73. The minimum atomic E-state index is 0.668. The molecular formula is C16H33NO. The summed E-state index contributed by atoms with van der Waals surface area (Å²) in [5.74, 6) is 2.53. The van der Waals surface area contributed by atoms with Crippen LogP contribution in [-0.4, -0.2) is 26.3 Å². The predicted molar refractivity (Wildman–Crippen MR) is 78.9 cm³/mol. The summed E-state index contributed by atoms with van der Waals surface area (Å²) in [6.07, 6.45) is 8.39. The molecule has 1 saturated carbocycles. The van der Waals surface area contributed by atoms with Gasteiger partial charge in [-0.1, -0.05) is 40.0 Å². The van der Waals surface area contributed by atoms with Gasteiger partial charge in [-0.25, -0.2) is 0 Å². The zero-order chi connectivity index (χ0) is 13.4. The minimum Gasteiger partial charge on any atom is -0.384 e. The highest BCUT2D eigenvalue weighted by atomic mass is 16.5. The molecule has 0 aromatic carbocycles. The lowest BCUT2D eigenvalue weighted by atomic mass is 9.75. The number of hydrogen-bond donors (Lipinski definition) is 1. The summed E-state index contributed by atoms with van der Waals surface area (Å²) in [5.41, 5.74) is 0. The van der Waals surface area contributed by atoms with Crippen molar-refractivity contribution in [3.8, 4) is 0 Å². The topological polar surface area (TPSA) is 21.3 Å². The fraction of sp³-hybridized carbons (Fsp3) is 1.00. The molecule has 1 aliphatic carbocycles. The molecule has 0 aliphatic heterocycles. The lowest BCUT2D eigenvalue weighted by Crippen LogP contribution is -2.40. The van der Waals surface area contributed by atoms with Crippen molar-refractivity contribution in [2.45, 2.75) is 65.3 Å². The predicted octanol–water partition coefficient (Wildman–Crippen LogP) is 3.85. The molecule has 1 fully saturated rings. The molecule has 0 heterocycles. The molecule has 0 spiro atoms. The van der Waals surface area contributed by atoms with E-state index in [-0.39, 0.29) is 0 Å². The van der Waals surface area contributed by atoms with E-state index in [0.29, 0.717) is 12.0 Å². The normalized spacial score (nSPS) is 28.0. The summed E-state index contributed by atoms with van der Waals surface area (Å²) in [6, 6.07) is 0.703. The zero-order valence-corrected chi connectivity index (χ0v) is 12.9. The highest BCUT2D eigenvalue weighted by Crippen LogP contribution is 2.34. The molecule has 1 N–H and O–H groups in total. The second-order valence-corrected chi connectivity index (χ2v) is 6.16. The third-order valence-electron chi connectivity index (χ3n) is 4.54. The molecule has 2 nitrogen and oxygen atoms in total. The van der Waals surface area contributed by atoms with Crippen molar-refractivity contribution in [1.82, 2.24) is 5.32 Å². The molecule has 18 heavy (non-hydrogen) atoms. The average Bonchev–Trinajstić information content (AvgIpc) is 2.38. The Bertz CT molecular complexity index is 207. The van der Waals surface area contributed by atoms with Crippen LogP contribution in [-0.2, 0) is 4.74 Å². The Kier molecular flexibility index (Phi) is 7.92. The van der Waals surface area contributed by atoms with Crippen LogP contribution in [0.1, 0.15) is 59.3 Å². The summed E-state index contributed by atoms with van der Waals surface area (Å²) in [4.78, 5) is 0. The van der Waals surface area contributed by atoms with Gasteiger partial charge in [0.25, 0.3) is 0 Å². The van der Waals surface area contributed by atoms with E-state index in [1.54, 1.807) is 0 Å². The van der Waals surface area contributed by atoms with Gasteiger partial charge in [0, 0.05) is 19.8 Å². The average molecular weight is 255 g/mol. The van der Waals surface area contributed by atoms with E-state index >= 15 is 0 Å². The fourth-order valence-corrected chi connectivity index (χ4v) is 3.56. The van der Waals surface area contributed by atoms with E-state index in [1.165, 1.54) is 38.5 Å². The van der Waals surface area contributed by atoms with Crippen LogP contribution in [0, 0.1) is 17.8 Å². The third kappa shape index (κ3) is 5.27. The number of ether oxygens (including phenoxy) is 1. The highest BCUT2D eigenvalue weighted by Gasteiger charge is 2.28.